The Bertz CT molecular complexity index is 651. The van der Waals surface area contributed by atoms with Gasteiger partial charge in [0.1, 0.15) is 5.75 Å². The highest BCUT2D eigenvalue weighted by Gasteiger charge is 2.19. The summed E-state index contributed by atoms with van der Waals surface area (Å²) in [4.78, 5) is 0.315. The van der Waals surface area contributed by atoms with E-state index in [1.807, 2.05) is 13.0 Å². The number of methoxy groups -OCH3 is 1. The minimum absolute atomic E-state index is 0.315. The largest absolute Gasteiger partial charge is 0.496 e. The molecule has 0 unspecified atom stereocenters. The molecular formula is C15H22N2O3S. The lowest BCUT2D eigenvalue weighted by Crippen LogP contribution is -2.30. The second-order valence-corrected chi connectivity index (χ2v) is 6.96. The number of rotatable bonds is 5. The third kappa shape index (κ3) is 3.84. The SMILES string of the molecule is COc1cc(C)c(S(=O)(=O)NCC2=CCNCC2)cc1C. The molecule has 2 rings (SSSR count). The van der Waals surface area contributed by atoms with Crippen molar-refractivity contribution >= 4 is 10.0 Å². The molecule has 1 aliphatic heterocycles. The Morgan fingerprint density at radius 1 is 1.29 bits per heavy atom. The zero-order valence-electron chi connectivity index (χ0n) is 12.7. The molecule has 0 fully saturated rings. The first-order valence-electron chi connectivity index (χ1n) is 6.97. The molecule has 1 heterocycles. The zero-order valence-corrected chi connectivity index (χ0v) is 13.5. The van der Waals surface area contributed by atoms with Crippen LogP contribution in [-0.4, -0.2) is 35.2 Å². The number of hydrogen-bond acceptors (Lipinski definition) is 4. The summed E-state index contributed by atoms with van der Waals surface area (Å²) < 4.78 is 32.8. The van der Waals surface area contributed by atoms with Crippen LogP contribution in [0.4, 0.5) is 0 Å². The number of aryl methyl sites for hydroxylation is 2. The van der Waals surface area contributed by atoms with Crippen molar-refractivity contribution in [3.05, 3.63) is 34.9 Å². The van der Waals surface area contributed by atoms with Crippen molar-refractivity contribution < 1.29 is 13.2 Å². The van der Waals surface area contributed by atoms with Crippen LogP contribution in [-0.2, 0) is 10.0 Å². The minimum Gasteiger partial charge on any atom is -0.496 e. The molecule has 6 heteroatoms. The minimum atomic E-state index is -3.50. The van der Waals surface area contributed by atoms with Gasteiger partial charge in [0.2, 0.25) is 10.0 Å². The van der Waals surface area contributed by atoms with Gasteiger partial charge in [-0.3, -0.25) is 0 Å². The third-order valence-electron chi connectivity index (χ3n) is 3.63. The summed E-state index contributed by atoms with van der Waals surface area (Å²) in [5.74, 6) is 0.701. The van der Waals surface area contributed by atoms with Gasteiger partial charge in [-0.2, -0.15) is 0 Å². The lowest BCUT2D eigenvalue weighted by Gasteiger charge is -2.16. The fourth-order valence-electron chi connectivity index (χ4n) is 2.37. The van der Waals surface area contributed by atoms with Gasteiger partial charge in [-0.05, 0) is 50.1 Å². The third-order valence-corrected chi connectivity index (χ3v) is 5.17. The average molecular weight is 310 g/mol. The molecule has 0 radical (unpaired) electrons. The van der Waals surface area contributed by atoms with E-state index in [9.17, 15) is 8.42 Å². The summed E-state index contributed by atoms with van der Waals surface area (Å²) in [5.41, 5.74) is 2.62. The van der Waals surface area contributed by atoms with E-state index in [1.165, 1.54) is 0 Å². The van der Waals surface area contributed by atoms with Crippen LogP contribution in [0.2, 0.25) is 0 Å². The molecule has 0 atom stereocenters. The summed E-state index contributed by atoms with van der Waals surface area (Å²) in [6, 6.07) is 3.42. The van der Waals surface area contributed by atoms with Crippen molar-refractivity contribution in [1.82, 2.24) is 10.0 Å². The fraction of sp³-hybridized carbons (Fsp3) is 0.467. The van der Waals surface area contributed by atoms with Gasteiger partial charge in [-0.15, -0.1) is 0 Å². The molecule has 0 amide bonds. The van der Waals surface area contributed by atoms with Gasteiger partial charge in [0, 0.05) is 13.1 Å². The lowest BCUT2D eigenvalue weighted by molar-refractivity contribution is 0.411. The van der Waals surface area contributed by atoms with Crippen molar-refractivity contribution in [3.63, 3.8) is 0 Å². The van der Waals surface area contributed by atoms with Crippen molar-refractivity contribution in [2.24, 2.45) is 0 Å². The first-order chi connectivity index (χ1) is 9.94. The van der Waals surface area contributed by atoms with Crippen LogP contribution in [0.15, 0.2) is 28.7 Å². The highest BCUT2D eigenvalue weighted by atomic mass is 32.2. The van der Waals surface area contributed by atoms with Gasteiger partial charge < -0.3 is 10.1 Å². The molecule has 5 nitrogen and oxygen atoms in total. The van der Waals surface area contributed by atoms with Gasteiger partial charge >= 0.3 is 0 Å². The van der Waals surface area contributed by atoms with E-state index in [0.29, 0.717) is 22.8 Å². The Morgan fingerprint density at radius 3 is 2.67 bits per heavy atom. The second-order valence-electron chi connectivity index (χ2n) is 5.23. The summed E-state index contributed by atoms with van der Waals surface area (Å²) in [6.45, 7) is 5.69. The maximum atomic E-state index is 12.5. The van der Waals surface area contributed by atoms with E-state index < -0.39 is 10.0 Å². The standard InChI is InChI=1S/C15H22N2O3S/c1-11-9-15(12(2)8-14(11)20-3)21(18,19)17-10-13-4-6-16-7-5-13/h4,8-9,16-17H,5-7,10H2,1-3H3. The Kier molecular flexibility index (Phi) is 5.03. The topological polar surface area (TPSA) is 67.4 Å². The Labute approximate surface area is 126 Å². The molecule has 0 aromatic heterocycles. The molecule has 0 bridgehead atoms. The van der Waals surface area contributed by atoms with Gasteiger partial charge in [0.05, 0.1) is 12.0 Å². The van der Waals surface area contributed by atoms with E-state index >= 15 is 0 Å². The lowest BCUT2D eigenvalue weighted by atomic mass is 10.1. The van der Waals surface area contributed by atoms with Crippen molar-refractivity contribution in [1.29, 1.82) is 0 Å². The van der Waals surface area contributed by atoms with E-state index in [1.54, 1.807) is 26.2 Å². The van der Waals surface area contributed by atoms with Crippen molar-refractivity contribution in [2.45, 2.75) is 25.2 Å². The summed E-state index contributed by atoms with van der Waals surface area (Å²) >= 11 is 0. The van der Waals surface area contributed by atoms with Gasteiger partial charge in [0.15, 0.2) is 0 Å². The molecule has 1 aromatic carbocycles. The molecule has 2 N–H and O–H groups in total. The molecule has 0 spiro atoms. The monoisotopic (exact) mass is 310 g/mol. The Hall–Kier alpha value is -1.37. The van der Waals surface area contributed by atoms with E-state index in [2.05, 4.69) is 10.0 Å². The first-order valence-corrected chi connectivity index (χ1v) is 8.46. The normalized spacial score (nSPS) is 15.7. The first kappa shape index (κ1) is 16.0. The molecule has 0 saturated carbocycles. The highest BCUT2D eigenvalue weighted by Crippen LogP contribution is 2.25. The van der Waals surface area contributed by atoms with E-state index in [0.717, 1.165) is 30.6 Å². The number of hydrogen-bond donors (Lipinski definition) is 2. The average Bonchev–Trinajstić information content (AvgIpc) is 2.48. The number of sulfonamides is 1. The number of benzene rings is 1. The molecule has 0 saturated heterocycles. The van der Waals surface area contributed by atoms with Crippen LogP contribution < -0.4 is 14.8 Å². The molecule has 1 aliphatic rings. The van der Waals surface area contributed by atoms with Gasteiger partial charge in [-0.25, -0.2) is 13.1 Å². The van der Waals surface area contributed by atoms with Gasteiger partial charge in [-0.1, -0.05) is 11.6 Å². The van der Waals surface area contributed by atoms with Crippen LogP contribution in [0.1, 0.15) is 17.5 Å². The molecule has 1 aromatic rings. The highest BCUT2D eigenvalue weighted by molar-refractivity contribution is 7.89. The van der Waals surface area contributed by atoms with Gasteiger partial charge in [0.25, 0.3) is 0 Å². The van der Waals surface area contributed by atoms with Crippen LogP contribution in [0, 0.1) is 13.8 Å². The smallest absolute Gasteiger partial charge is 0.241 e. The van der Waals surface area contributed by atoms with Crippen molar-refractivity contribution in [3.8, 4) is 5.75 Å². The fourth-order valence-corrected chi connectivity index (χ4v) is 3.71. The molecule has 116 valence electrons. The summed E-state index contributed by atoms with van der Waals surface area (Å²) in [5, 5.41) is 3.21. The maximum absolute atomic E-state index is 12.5. The Balaban J connectivity index is 2.19. The maximum Gasteiger partial charge on any atom is 0.241 e. The van der Waals surface area contributed by atoms with Crippen LogP contribution in [0.25, 0.3) is 0 Å². The second kappa shape index (κ2) is 6.60. The van der Waals surface area contributed by atoms with Crippen LogP contribution in [0.3, 0.4) is 0 Å². The predicted molar refractivity (Wildman–Crippen MR) is 83.2 cm³/mol. The summed E-state index contributed by atoms with van der Waals surface area (Å²) in [7, 11) is -1.92. The predicted octanol–water partition coefficient (Wildman–Crippen LogP) is 1.51. The number of ether oxygens (including phenoxy) is 1. The van der Waals surface area contributed by atoms with Crippen molar-refractivity contribution in [2.75, 3.05) is 26.7 Å². The molecule has 21 heavy (non-hydrogen) atoms. The zero-order chi connectivity index (χ0) is 15.5. The molecular weight excluding hydrogens is 288 g/mol. The van der Waals surface area contributed by atoms with E-state index in [-0.39, 0.29) is 0 Å². The summed E-state index contributed by atoms with van der Waals surface area (Å²) in [6.07, 6.45) is 2.92. The van der Waals surface area contributed by atoms with E-state index in [4.69, 9.17) is 4.74 Å². The molecule has 0 aliphatic carbocycles. The number of nitrogens with one attached hydrogen (secondary N) is 2. The quantitative estimate of drug-likeness (QED) is 0.809. The van der Waals surface area contributed by atoms with Crippen LogP contribution in [0.5, 0.6) is 5.75 Å². The Morgan fingerprint density at radius 2 is 2.05 bits per heavy atom. The van der Waals surface area contributed by atoms with Crippen LogP contribution >= 0.6 is 0 Å².